The average molecular weight is 377 g/mol. The molecule has 1 amide bonds. The van der Waals surface area contributed by atoms with E-state index >= 15 is 0 Å². The summed E-state index contributed by atoms with van der Waals surface area (Å²) in [5.41, 5.74) is 1.24. The Kier molecular flexibility index (Phi) is 4.83. The first-order chi connectivity index (χ1) is 13.3. The van der Waals surface area contributed by atoms with Crippen molar-refractivity contribution in [3.05, 3.63) is 63.9 Å². The number of nitriles is 1. The second-order valence-electron chi connectivity index (χ2n) is 6.09. The molecule has 8 nitrogen and oxygen atoms in total. The molecule has 1 heterocycles. The highest BCUT2D eigenvalue weighted by atomic mass is 16.4. The molecular weight excluding hydrogens is 362 g/mol. The minimum atomic E-state index is -1.27. The van der Waals surface area contributed by atoms with E-state index in [1.54, 1.807) is 42.5 Å². The second-order valence-corrected chi connectivity index (χ2v) is 6.09. The Labute approximate surface area is 158 Å². The number of aromatic hydroxyl groups is 1. The number of benzene rings is 2. The molecule has 0 bridgehead atoms. The van der Waals surface area contributed by atoms with Gasteiger partial charge in [0.05, 0.1) is 17.1 Å². The number of carbonyl (C=O) groups excluding carboxylic acids is 1. The zero-order valence-electron chi connectivity index (χ0n) is 14.8. The van der Waals surface area contributed by atoms with Gasteiger partial charge in [0.25, 0.3) is 11.5 Å². The number of hydrogen-bond donors (Lipinski definition) is 3. The molecule has 3 N–H and O–H groups in total. The van der Waals surface area contributed by atoms with Crippen LogP contribution in [-0.2, 0) is 11.8 Å². The fourth-order valence-electron chi connectivity index (χ4n) is 2.89. The number of carbonyl (C=O) groups is 2. The van der Waals surface area contributed by atoms with Crippen molar-refractivity contribution in [1.29, 1.82) is 5.26 Å². The van der Waals surface area contributed by atoms with Crippen molar-refractivity contribution >= 4 is 22.8 Å². The number of aromatic nitrogens is 1. The zero-order valence-corrected chi connectivity index (χ0v) is 14.8. The minimum absolute atomic E-state index is 0.278. The number of amides is 1. The Morgan fingerprint density at radius 3 is 2.39 bits per heavy atom. The number of fused-ring (bicyclic) bond motifs is 1. The van der Waals surface area contributed by atoms with Gasteiger partial charge < -0.3 is 20.1 Å². The number of rotatable bonds is 4. The summed E-state index contributed by atoms with van der Waals surface area (Å²) in [7, 11) is 1.46. The van der Waals surface area contributed by atoms with E-state index in [0.717, 1.165) is 11.1 Å². The number of carboxylic acids is 1. The van der Waals surface area contributed by atoms with Crippen molar-refractivity contribution in [1.82, 2.24) is 9.88 Å². The highest BCUT2D eigenvalue weighted by molar-refractivity contribution is 6.03. The predicted molar refractivity (Wildman–Crippen MR) is 101 cm³/mol. The van der Waals surface area contributed by atoms with Crippen LogP contribution in [0.25, 0.3) is 22.0 Å². The molecule has 0 fully saturated rings. The molecule has 0 atom stereocenters. The highest BCUT2D eigenvalue weighted by Gasteiger charge is 2.21. The van der Waals surface area contributed by atoms with Crippen LogP contribution in [0.3, 0.4) is 0 Å². The van der Waals surface area contributed by atoms with Gasteiger partial charge in [0.1, 0.15) is 17.9 Å². The van der Waals surface area contributed by atoms with Gasteiger partial charge in [-0.3, -0.25) is 14.4 Å². The molecule has 0 saturated carbocycles. The van der Waals surface area contributed by atoms with Crippen molar-refractivity contribution in [2.24, 2.45) is 7.05 Å². The maximum absolute atomic E-state index is 12.6. The summed E-state index contributed by atoms with van der Waals surface area (Å²) in [5, 5.41) is 30.4. The van der Waals surface area contributed by atoms with E-state index in [-0.39, 0.29) is 5.39 Å². The van der Waals surface area contributed by atoms with Gasteiger partial charge in [-0.15, -0.1) is 0 Å². The number of pyridine rings is 1. The SMILES string of the molecule is Cn1c(=O)c(C(=O)NCC(=O)O)c(O)c2ccc(-c3ccc(C#N)cc3)cc21. The Morgan fingerprint density at radius 1 is 1.14 bits per heavy atom. The first-order valence-corrected chi connectivity index (χ1v) is 8.19. The molecule has 0 aliphatic carbocycles. The lowest BCUT2D eigenvalue weighted by molar-refractivity contribution is -0.135. The van der Waals surface area contributed by atoms with Gasteiger partial charge in [-0.2, -0.15) is 5.26 Å². The molecular formula is C20H15N3O5. The van der Waals surface area contributed by atoms with Gasteiger partial charge in [0, 0.05) is 12.4 Å². The van der Waals surface area contributed by atoms with Gasteiger partial charge >= 0.3 is 5.97 Å². The molecule has 0 radical (unpaired) electrons. The number of aryl methyl sites for hydroxylation is 1. The van der Waals surface area contributed by atoms with Gasteiger partial charge in [-0.25, -0.2) is 0 Å². The van der Waals surface area contributed by atoms with Crippen LogP contribution in [0, 0.1) is 11.3 Å². The summed E-state index contributed by atoms with van der Waals surface area (Å²) in [4.78, 5) is 35.4. The minimum Gasteiger partial charge on any atom is -0.506 e. The third-order valence-corrected chi connectivity index (χ3v) is 4.34. The Hall–Kier alpha value is -4.12. The molecule has 0 saturated heterocycles. The molecule has 3 aromatic rings. The Balaban J connectivity index is 2.13. The third-order valence-electron chi connectivity index (χ3n) is 4.34. The lowest BCUT2D eigenvalue weighted by Gasteiger charge is -2.13. The maximum Gasteiger partial charge on any atom is 0.322 e. The van der Waals surface area contributed by atoms with E-state index in [0.29, 0.717) is 11.1 Å². The zero-order chi connectivity index (χ0) is 20.4. The van der Waals surface area contributed by atoms with Crippen LogP contribution >= 0.6 is 0 Å². The van der Waals surface area contributed by atoms with Gasteiger partial charge in [-0.05, 0) is 35.4 Å². The Morgan fingerprint density at radius 2 is 1.79 bits per heavy atom. The summed E-state index contributed by atoms with van der Waals surface area (Å²) in [6.07, 6.45) is 0. The van der Waals surface area contributed by atoms with Crippen LogP contribution in [0.15, 0.2) is 47.3 Å². The lowest BCUT2D eigenvalue weighted by atomic mass is 10.0. The molecule has 28 heavy (non-hydrogen) atoms. The molecule has 0 unspecified atom stereocenters. The van der Waals surface area contributed by atoms with Crippen LogP contribution in [0.1, 0.15) is 15.9 Å². The van der Waals surface area contributed by atoms with Crippen molar-refractivity contribution in [3.63, 3.8) is 0 Å². The van der Waals surface area contributed by atoms with E-state index in [2.05, 4.69) is 5.32 Å². The van der Waals surface area contributed by atoms with Gasteiger partial charge in [-0.1, -0.05) is 18.2 Å². The van der Waals surface area contributed by atoms with Crippen LogP contribution in [-0.4, -0.2) is 33.2 Å². The molecule has 0 aliphatic rings. The predicted octanol–water partition coefficient (Wildman–Crippen LogP) is 1.60. The van der Waals surface area contributed by atoms with Crippen LogP contribution in [0.5, 0.6) is 5.75 Å². The summed E-state index contributed by atoms with van der Waals surface area (Å²) in [5.74, 6) is -2.73. The first kappa shape index (κ1) is 18.7. The van der Waals surface area contributed by atoms with Crippen molar-refractivity contribution in [2.75, 3.05) is 6.54 Å². The van der Waals surface area contributed by atoms with Crippen LogP contribution < -0.4 is 10.9 Å². The van der Waals surface area contributed by atoms with Crippen molar-refractivity contribution in [2.45, 2.75) is 0 Å². The summed E-state index contributed by atoms with van der Waals surface area (Å²) in [6.45, 7) is -0.670. The van der Waals surface area contributed by atoms with E-state index in [9.17, 15) is 19.5 Å². The molecule has 8 heteroatoms. The number of hydrogen-bond acceptors (Lipinski definition) is 5. The quantitative estimate of drug-likeness (QED) is 0.633. The highest BCUT2D eigenvalue weighted by Crippen LogP contribution is 2.30. The van der Waals surface area contributed by atoms with Crippen LogP contribution in [0.2, 0.25) is 0 Å². The Bertz CT molecular complexity index is 1200. The molecule has 3 rings (SSSR count). The average Bonchev–Trinajstić information content (AvgIpc) is 2.70. The summed E-state index contributed by atoms with van der Waals surface area (Å²) >= 11 is 0. The summed E-state index contributed by atoms with van der Waals surface area (Å²) in [6, 6.07) is 13.9. The molecule has 140 valence electrons. The maximum atomic E-state index is 12.6. The fourth-order valence-corrected chi connectivity index (χ4v) is 2.89. The van der Waals surface area contributed by atoms with E-state index in [4.69, 9.17) is 10.4 Å². The normalized spacial score (nSPS) is 10.4. The number of nitrogens with zero attached hydrogens (tertiary/aromatic N) is 2. The largest absolute Gasteiger partial charge is 0.506 e. The number of nitrogens with one attached hydrogen (secondary N) is 1. The monoisotopic (exact) mass is 377 g/mol. The molecule has 2 aromatic carbocycles. The molecule has 0 aliphatic heterocycles. The molecule has 1 aromatic heterocycles. The van der Waals surface area contributed by atoms with Crippen molar-refractivity contribution < 1.29 is 19.8 Å². The molecule has 0 spiro atoms. The number of aliphatic carboxylic acids is 1. The standard InChI is InChI=1S/C20H15N3O5/c1-23-15-8-13(12-4-2-11(9-21)3-5-12)6-7-14(15)18(26)17(20(23)28)19(27)22-10-16(24)25/h2-8,26H,10H2,1H3,(H,22,27)(H,24,25). The smallest absolute Gasteiger partial charge is 0.322 e. The lowest BCUT2D eigenvalue weighted by Crippen LogP contribution is -2.35. The third kappa shape index (κ3) is 3.29. The number of carboxylic acid groups (broad SMARTS) is 1. The van der Waals surface area contributed by atoms with E-state index in [1.165, 1.54) is 11.6 Å². The second kappa shape index (κ2) is 7.25. The van der Waals surface area contributed by atoms with E-state index in [1.807, 2.05) is 6.07 Å². The fraction of sp³-hybridized carbons (Fsp3) is 0.100. The van der Waals surface area contributed by atoms with Gasteiger partial charge in [0.2, 0.25) is 0 Å². The topological polar surface area (TPSA) is 132 Å². The summed E-state index contributed by atoms with van der Waals surface area (Å²) < 4.78 is 1.22. The van der Waals surface area contributed by atoms with Crippen molar-refractivity contribution in [3.8, 4) is 22.9 Å². The first-order valence-electron chi connectivity index (χ1n) is 8.19. The van der Waals surface area contributed by atoms with Gasteiger partial charge in [0.15, 0.2) is 0 Å². The van der Waals surface area contributed by atoms with E-state index < -0.39 is 35.3 Å². The van der Waals surface area contributed by atoms with Crippen LogP contribution in [0.4, 0.5) is 0 Å².